The Labute approximate surface area is 105 Å². The van der Waals surface area contributed by atoms with Crippen molar-refractivity contribution in [3.05, 3.63) is 41.8 Å². The van der Waals surface area contributed by atoms with Gasteiger partial charge in [-0.05, 0) is 17.7 Å². The lowest BCUT2D eigenvalue weighted by atomic mass is 10.1. The van der Waals surface area contributed by atoms with Crippen molar-refractivity contribution in [3.63, 3.8) is 0 Å². The van der Waals surface area contributed by atoms with Crippen LogP contribution in [0.1, 0.15) is 5.56 Å². The van der Waals surface area contributed by atoms with Crippen molar-refractivity contribution in [2.75, 3.05) is 26.3 Å². The Hall–Kier alpha value is -1.52. The molecule has 3 nitrogen and oxygen atoms in total. The molecule has 1 fully saturated rings. The molecule has 1 aromatic heterocycles. The third kappa shape index (κ3) is 2.35. The van der Waals surface area contributed by atoms with E-state index in [2.05, 4.69) is 9.88 Å². The van der Waals surface area contributed by atoms with Crippen LogP contribution in [0.3, 0.4) is 0 Å². The second-order valence-electron chi connectivity index (χ2n) is 4.54. The van der Waals surface area contributed by atoms with Crippen LogP contribution < -0.4 is 0 Å². The van der Waals surface area contributed by atoms with Crippen molar-refractivity contribution in [1.29, 1.82) is 0 Å². The van der Waals surface area contributed by atoms with Gasteiger partial charge in [0.2, 0.25) is 0 Å². The Bertz CT molecular complexity index is 552. The molecule has 0 radical (unpaired) electrons. The van der Waals surface area contributed by atoms with Crippen LogP contribution in [0.15, 0.2) is 30.5 Å². The average Bonchev–Trinajstić information content (AvgIpc) is 2.40. The molecule has 3 rings (SSSR count). The molecule has 0 spiro atoms. The maximum Gasteiger partial charge on any atom is 0.149 e. The van der Waals surface area contributed by atoms with Gasteiger partial charge in [0.25, 0.3) is 0 Å². The number of hydrogen-bond donors (Lipinski definition) is 0. The number of morpholine rings is 1. The normalized spacial score (nSPS) is 17.2. The summed E-state index contributed by atoms with van der Waals surface area (Å²) in [6.45, 7) is 4.32. The van der Waals surface area contributed by atoms with Crippen LogP contribution in [0.25, 0.3) is 10.9 Å². The monoisotopic (exact) mass is 246 g/mol. The van der Waals surface area contributed by atoms with E-state index < -0.39 is 0 Å². The van der Waals surface area contributed by atoms with E-state index in [4.69, 9.17) is 4.74 Å². The Morgan fingerprint density at radius 3 is 2.94 bits per heavy atom. The smallest absolute Gasteiger partial charge is 0.149 e. The van der Waals surface area contributed by atoms with E-state index in [9.17, 15) is 4.39 Å². The predicted molar refractivity (Wildman–Crippen MR) is 67.8 cm³/mol. The van der Waals surface area contributed by atoms with Gasteiger partial charge >= 0.3 is 0 Å². The minimum absolute atomic E-state index is 0.259. The largest absolute Gasteiger partial charge is 0.379 e. The zero-order chi connectivity index (χ0) is 12.4. The quantitative estimate of drug-likeness (QED) is 0.812. The summed E-state index contributed by atoms with van der Waals surface area (Å²) >= 11 is 0. The number of pyridine rings is 1. The number of benzene rings is 1. The molecule has 0 saturated carbocycles. The number of para-hydroxylation sites is 1. The number of hydrogen-bond acceptors (Lipinski definition) is 3. The Morgan fingerprint density at radius 2 is 2.11 bits per heavy atom. The van der Waals surface area contributed by atoms with Crippen LogP contribution in [0.5, 0.6) is 0 Å². The maximum atomic E-state index is 13.5. The third-order valence-corrected chi connectivity index (χ3v) is 3.23. The van der Waals surface area contributed by atoms with E-state index in [0.29, 0.717) is 5.52 Å². The molecule has 0 amide bonds. The lowest BCUT2D eigenvalue weighted by Crippen LogP contribution is -2.35. The van der Waals surface area contributed by atoms with Crippen molar-refractivity contribution in [2.24, 2.45) is 0 Å². The standard InChI is InChI=1S/C14H15FN2O/c15-13-3-1-2-12-8-11(9-16-14(12)13)10-17-4-6-18-7-5-17/h1-3,8-9H,4-7,10H2. The zero-order valence-electron chi connectivity index (χ0n) is 10.1. The van der Waals surface area contributed by atoms with Gasteiger partial charge < -0.3 is 4.74 Å². The fourth-order valence-electron chi connectivity index (χ4n) is 2.27. The lowest BCUT2D eigenvalue weighted by molar-refractivity contribution is 0.0341. The molecule has 2 aromatic rings. The molecular weight excluding hydrogens is 231 g/mol. The average molecular weight is 246 g/mol. The molecule has 0 atom stereocenters. The van der Waals surface area contributed by atoms with E-state index >= 15 is 0 Å². The van der Waals surface area contributed by atoms with Gasteiger partial charge in [0.1, 0.15) is 11.3 Å². The second kappa shape index (κ2) is 5.00. The van der Waals surface area contributed by atoms with Crippen LogP contribution in [-0.4, -0.2) is 36.2 Å². The van der Waals surface area contributed by atoms with E-state index in [-0.39, 0.29) is 5.82 Å². The second-order valence-corrected chi connectivity index (χ2v) is 4.54. The fraction of sp³-hybridized carbons (Fsp3) is 0.357. The SMILES string of the molecule is Fc1cccc2cc(CN3CCOCC3)cnc12. The van der Waals surface area contributed by atoms with E-state index in [1.807, 2.05) is 12.1 Å². The number of aromatic nitrogens is 1. The summed E-state index contributed by atoms with van der Waals surface area (Å²) in [5, 5.41) is 0.862. The fourth-order valence-corrected chi connectivity index (χ4v) is 2.27. The van der Waals surface area contributed by atoms with Gasteiger partial charge in [-0.2, -0.15) is 0 Å². The summed E-state index contributed by atoms with van der Waals surface area (Å²) < 4.78 is 18.8. The Balaban J connectivity index is 1.84. The van der Waals surface area contributed by atoms with Crippen molar-refractivity contribution in [1.82, 2.24) is 9.88 Å². The maximum absolute atomic E-state index is 13.5. The molecule has 0 N–H and O–H groups in total. The number of nitrogens with zero attached hydrogens (tertiary/aromatic N) is 2. The molecule has 0 unspecified atom stereocenters. The molecule has 0 aliphatic carbocycles. The number of fused-ring (bicyclic) bond motifs is 1. The van der Waals surface area contributed by atoms with E-state index in [1.165, 1.54) is 6.07 Å². The van der Waals surface area contributed by atoms with Gasteiger partial charge in [-0.15, -0.1) is 0 Å². The predicted octanol–water partition coefficient (Wildman–Crippen LogP) is 2.21. The van der Waals surface area contributed by atoms with Gasteiger partial charge in [0, 0.05) is 31.2 Å². The van der Waals surface area contributed by atoms with Gasteiger partial charge in [-0.25, -0.2) is 4.39 Å². The Morgan fingerprint density at radius 1 is 1.28 bits per heavy atom. The molecular formula is C14H15FN2O. The molecule has 1 saturated heterocycles. The van der Waals surface area contributed by atoms with E-state index in [0.717, 1.165) is 43.8 Å². The zero-order valence-corrected chi connectivity index (χ0v) is 10.1. The molecule has 1 aromatic carbocycles. The summed E-state index contributed by atoms with van der Waals surface area (Å²) in [5.41, 5.74) is 1.57. The Kier molecular flexibility index (Phi) is 3.21. The van der Waals surface area contributed by atoms with Crippen LogP contribution in [-0.2, 0) is 11.3 Å². The summed E-state index contributed by atoms with van der Waals surface area (Å²) in [5.74, 6) is -0.259. The van der Waals surface area contributed by atoms with Gasteiger partial charge in [-0.3, -0.25) is 9.88 Å². The highest BCUT2D eigenvalue weighted by Gasteiger charge is 2.11. The number of halogens is 1. The molecule has 18 heavy (non-hydrogen) atoms. The topological polar surface area (TPSA) is 25.4 Å². The molecule has 0 bridgehead atoms. The summed E-state index contributed by atoms with van der Waals surface area (Å²) in [6.07, 6.45) is 1.76. The number of rotatable bonds is 2. The first-order valence-electron chi connectivity index (χ1n) is 6.16. The first-order valence-corrected chi connectivity index (χ1v) is 6.16. The van der Waals surface area contributed by atoms with Crippen LogP contribution in [0.4, 0.5) is 4.39 Å². The van der Waals surface area contributed by atoms with Crippen LogP contribution >= 0.6 is 0 Å². The third-order valence-electron chi connectivity index (χ3n) is 3.23. The van der Waals surface area contributed by atoms with Gasteiger partial charge in [0.15, 0.2) is 0 Å². The van der Waals surface area contributed by atoms with Crippen molar-refractivity contribution in [2.45, 2.75) is 6.54 Å². The van der Waals surface area contributed by atoms with E-state index in [1.54, 1.807) is 12.3 Å². The van der Waals surface area contributed by atoms with Crippen molar-refractivity contribution >= 4 is 10.9 Å². The van der Waals surface area contributed by atoms with Gasteiger partial charge in [-0.1, -0.05) is 12.1 Å². The number of ether oxygens (including phenoxy) is 1. The minimum Gasteiger partial charge on any atom is -0.379 e. The molecule has 1 aliphatic rings. The summed E-state index contributed by atoms with van der Waals surface area (Å²) in [4.78, 5) is 6.54. The van der Waals surface area contributed by atoms with Crippen molar-refractivity contribution in [3.8, 4) is 0 Å². The first-order chi connectivity index (χ1) is 8.83. The first kappa shape index (κ1) is 11.6. The van der Waals surface area contributed by atoms with Gasteiger partial charge in [0.05, 0.1) is 13.2 Å². The molecule has 2 heterocycles. The van der Waals surface area contributed by atoms with Crippen LogP contribution in [0, 0.1) is 5.82 Å². The molecule has 1 aliphatic heterocycles. The highest BCUT2D eigenvalue weighted by Crippen LogP contribution is 2.17. The van der Waals surface area contributed by atoms with Crippen molar-refractivity contribution < 1.29 is 9.13 Å². The molecule has 94 valence electrons. The van der Waals surface area contributed by atoms with Crippen LogP contribution in [0.2, 0.25) is 0 Å². The molecule has 4 heteroatoms. The highest BCUT2D eigenvalue weighted by atomic mass is 19.1. The summed E-state index contributed by atoms with van der Waals surface area (Å²) in [7, 11) is 0. The lowest BCUT2D eigenvalue weighted by Gasteiger charge is -2.26. The minimum atomic E-state index is -0.259. The highest BCUT2D eigenvalue weighted by molar-refractivity contribution is 5.79. The summed E-state index contributed by atoms with van der Waals surface area (Å²) in [6, 6.07) is 7.07.